The van der Waals surface area contributed by atoms with Crippen LogP contribution in [0.3, 0.4) is 0 Å². The Labute approximate surface area is 248 Å². The van der Waals surface area contributed by atoms with Gasteiger partial charge in [-0.2, -0.15) is 0 Å². The molecular weight excluding hydrogens is 611 g/mol. The van der Waals surface area contributed by atoms with Crippen LogP contribution in [0, 0.1) is 6.92 Å². The number of hydrogen-bond donors (Lipinski definition) is 2. The standard InChI is InChI=1S/C34H41IN2O3/c1-24-7-9-27(10-8-24)33(29-15-17-37(18-16-29)19-20-38)28-13-11-26(12-14-28)25(2)36-34(39)30-21-32(23-35-22-30)40-31-5-3-4-6-31/h7-14,21-23,25,31,38H,3-6,15-20H2,1-2H3,(H,36,39)/t25-/m1/s1. The highest BCUT2D eigenvalue weighted by atomic mass is 127. The van der Waals surface area contributed by atoms with Crippen molar-refractivity contribution in [2.75, 3.05) is 26.2 Å². The highest BCUT2D eigenvalue weighted by Crippen LogP contribution is 2.33. The molecule has 0 aromatic heterocycles. The van der Waals surface area contributed by atoms with Crippen LogP contribution >= 0.6 is 20.7 Å². The number of aliphatic hydroxyl groups excluding tert-OH is 1. The summed E-state index contributed by atoms with van der Waals surface area (Å²) in [5.74, 6) is 0.845. The van der Waals surface area contributed by atoms with Gasteiger partial charge in [-0.05, 0) is 84.8 Å². The zero-order valence-electron chi connectivity index (χ0n) is 23.7. The molecule has 3 aliphatic rings. The number of benzene rings is 2. The SMILES string of the molecule is Cc1ccc(C(=C2CCN(CCO)CC2)c2ccc([C@@H](C)NC(=O)C3=CI=CC(OC4CCCC4)=C3)cc2)cc1. The van der Waals surface area contributed by atoms with Crippen LogP contribution < -0.4 is 5.32 Å². The van der Waals surface area contributed by atoms with Gasteiger partial charge in [-0.3, -0.25) is 4.79 Å². The van der Waals surface area contributed by atoms with Crippen molar-refractivity contribution in [1.29, 1.82) is 0 Å². The molecule has 1 saturated carbocycles. The van der Waals surface area contributed by atoms with Crippen LogP contribution in [0.1, 0.15) is 73.7 Å². The van der Waals surface area contributed by atoms with E-state index in [1.54, 1.807) is 0 Å². The lowest BCUT2D eigenvalue weighted by molar-refractivity contribution is -0.117. The van der Waals surface area contributed by atoms with Crippen molar-refractivity contribution in [2.45, 2.75) is 64.5 Å². The van der Waals surface area contributed by atoms with Gasteiger partial charge in [0.15, 0.2) is 0 Å². The summed E-state index contributed by atoms with van der Waals surface area (Å²) in [5, 5.41) is 12.6. The Kier molecular flexibility index (Phi) is 10.0. The highest BCUT2D eigenvalue weighted by molar-refractivity contribution is 14.2. The monoisotopic (exact) mass is 652 g/mol. The van der Waals surface area contributed by atoms with Crippen molar-refractivity contribution in [1.82, 2.24) is 10.2 Å². The predicted octanol–water partition coefficient (Wildman–Crippen LogP) is 6.58. The van der Waals surface area contributed by atoms with Gasteiger partial charge in [-0.1, -0.05) is 80.4 Å². The number of aliphatic hydroxyl groups is 1. The molecular formula is C34H41IN2O3. The molecule has 0 radical (unpaired) electrons. The fourth-order valence-corrected chi connectivity index (χ4v) is 7.50. The first kappa shape index (κ1) is 29.0. The smallest absolute Gasteiger partial charge is 0.252 e. The molecule has 2 aliphatic heterocycles. The van der Waals surface area contributed by atoms with Crippen LogP contribution in [-0.4, -0.2) is 52.3 Å². The third-order valence-electron chi connectivity index (χ3n) is 8.13. The second-order valence-electron chi connectivity index (χ2n) is 11.1. The molecule has 1 aliphatic carbocycles. The van der Waals surface area contributed by atoms with Crippen molar-refractivity contribution in [2.24, 2.45) is 0 Å². The number of carbonyl (C=O) groups excluding carboxylic acids is 1. The summed E-state index contributed by atoms with van der Waals surface area (Å²) in [5.41, 5.74) is 8.32. The number of hydrogen-bond acceptors (Lipinski definition) is 4. The van der Waals surface area contributed by atoms with E-state index >= 15 is 0 Å². The number of carbonyl (C=O) groups is 1. The van der Waals surface area contributed by atoms with Gasteiger partial charge in [-0.15, -0.1) is 0 Å². The Balaban J connectivity index is 1.29. The van der Waals surface area contributed by atoms with Gasteiger partial charge < -0.3 is 20.1 Å². The van der Waals surface area contributed by atoms with Crippen molar-refractivity contribution < 1.29 is 14.6 Å². The summed E-state index contributed by atoms with van der Waals surface area (Å²) in [6, 6.07) is 17.4. The van der Waals surface area contributed by atoms with Crippen molar-refractivity contribution in [3.8, 4) is 0 Å². The lowest BCUT2D eigenvalue weighted by Gasteiger charge is -2.29. The summed E-state index contributed by atoms with van der Waals surface area (Å²) >= 11 is -0.313. The molecule has 40 heavy (non-hydrogen) atoms. The average molecular weight is 653 g/mol. The molecule has 6 heteroatoms. The van der Waals surface area contributed by atoms with E-state index in [-0.39, 0.29) is 39.3 Å². The van der Waals surface area contributed by atoms with E-state index in [0.29, 0.717) is 6.10 Å². The highest BCUT2D eigenvalue weighted by Gasteiger charge is 2.21. The van der Waals surface area contributed by atoms with Crippen LogP contribution in [0.25, 0.3) is 5.57 Å². The van der Waals surface area contributed by atoms with E-state index in [2.05, 4.69) is 73.8 Å². The average Bonchev–Trinajstić information content (AvgIpc) is 3.49. The van der Waals surface area contributed by atoms with Gasteiger partial charge in [-0.25, -0.2) is 0 Å². The molecule has 2 fully saturated rings. The molecule has 2 heterocycles. The molecule has 2 N–H and O–H groups in total. The Morgan fingerprint density at radius 2 is 1.70 bits per heavy atom. The molecule has 0 unspecified atom stereocenters. The maximum Gasteiger partial charge on any atom is 0.252 e. The molecule has 212 valence electrons. The number of allylic oxidation sites excluding steroid dienone is 1. The molecule has 2 aromatic carbocycles. The van der Waals surface area contributed by atoms with Crippen LogP contribution in [-0.2, 0) is 9.53 Å². The fraction of sp³-hybridized carbons (Fsp3) is 0.412. The second kappa shape index (κ2) is 13.9. The molecule has 2 aromatic rings. The quantitative estimate of drug-likeness (QED) is 0.301. The number of piperidine rings is 1. The van der Waals surface area contributed by atoms with Gasteiger partial charge in [0.05, 0.1) is 18.8 Å². The minimum absolute atomic E-state index is 0.0333. The number of amides is 1. The van der Waals surface area contributed by atoms with E-state index in [0.717, 1.165) is 62.2 Å². The maximum absolute atomic E-state index is 13.1. The van der Waals surface area contributed by atoms with Crippen molar-refractivity contribution in [3.05, 3.63) is 97.8 Å². The normalized spacial score (nSPS) is 18.9. The van der Waals surface area contributed by atoms with E-state index in [9.17, 15) is 9.90 Å². The molecule has 5 nitrogen and oxygen atoms in total. The zero-order valence-corrected chi connectivity index (χ0v) is 25.8. The lowest BCUT2D eigenvalue weighted by Crippen LogP contribution is -2.33. The third kappa shape index (κ3) is 7.39. The van der Waals surface area contributed by atoms with Crippen molar-refractivity contribution in [3.63, 3.8) is 0 Å². The number of halogens is 1. The van der Waals surface area contributed by atoms with Crippen LogP contribution in [0.4, 0.5) is 0 Å². The number of β-amino-alcohol motifs (C(OH)–C–C–N with tert-alkyl or cyclic N) is 1. The fourth-order valence-electron chi connectivity index (χ4n) is 5.79. The Morgan fingerprint density at radius 3 is 2.35 bits per heavy atom. The number of aryl methyl sites for hydroxylation is 1. The van der Waals surface area contributed by atoms with Gasteiger partial charge in [0, 0.05) is 29.2 Å². The Bertz CT molecular complexity index is 1290. The van der Waals surface area contributed by atoms with Gasteiger partial charge in [0.2, 0.25) is 0 Å². The van der Waals surface area contributed by atoms with Crippen LogP contribution in [0.15, 0.2) is 75.6 Å². The summed E-state index contributed by atoms with van der Waals surface area (Å²) < 4.78 is 10.4. The second-order valence-corrected chi connectivity index (χ2v) is 13.1. The van der Waals surface area contributed by atoms with Crippen LogP contribution in [0.5, 0.6) is 0 Å². The first-order valence-electron chi connectivity index (χ1n) is 14.6. The Morgan fingerprint density at radius 1 is 1.05 bits per heavy atom. The zero-order chi connectivity index (χ0) is 27.9. The summed E-state index contributed by atoms with van der Waals surface area (Å²) in [6.07, 6.45) is 8.94. The van der Waals surface area contributed by atoms with Crippen LogP contribution in [0.2, 0.25) is 0 Å². The minimum Gasteiger partial charge on any atom is -0.490 e. The number of nitrogens with zero attached hydrogens (tertiary/aromatic N) is 1. The predicted molar refractivity (Wildman–Crippen MR) is 173 cm³/mol. The largest absolute Gasteiger partial charge is 0.490 e. The maximum atomic E-state index is 13.1. The summed E-state index contributed by atoms with van der Waals surface area (Å²) in [4.78, 5) is 15.5. The number of rotatable bonds is 9. The van der Waals surface area contributed by atoms with E-state index in [1.807, 2.05) is 13.0 Å². The lowest BCUT2D eigenvalue weighted by atomic mass is 9.87. The summed E-state index contributed by atoms with van der Waals surface area (Å²) in [6.45, 7) is 7.08. The molecule has 5 rings (SSSR count). The van der Waals surface area contributed by atoms with E-state index in [4.69, 9.17) is 4.74 Å². The molecule has 1 amide bonds. The summed E-state index contributed by atoms with van der Waals surface area (Å²) in [7, 11) is 0. The number of ether oxygens (including phenoxy) is 1. The molecule has 1 atom stereocenters. The van der Waals surface area contributed by atoms with Gasteiger partial charge in [0.25, 0.3) is 5.91 Å². The van der Waals surface area contributed by atoms with Gasteiger partial charge in [0.1, 0.15) is 5.76 Å². The Hall–Kier alpha value is -2.55. The van der Waals surface area contributed by atoms with E-state index < -0.39 is 0 Å². The van der Waals surface area contributed by atoms with Crippen molar-refractivity contribution >= 4 is 36.2 Å². The van der Waals surface area contributed by atoms with Gasteiger partial charge >= 0.3 is 0 Å². The number of likely N-dealkylation sites (tertiary alicyclic amines) is 1. The third-order valence-corrected chi connectivity index (χ3v) is 10.1. The first-order valence-corrected chi connectivity index (χ1v) is 17.1. The molecule has 0 bridgehead atoms. The molecule has 1 saturated heterocycles. The molecule has 0 spiro atoms. The number of nitrogens with one attached hydrogen (secondary N) is 1. The minimum atomic E-state index is -0.313. The topological polar surface area (TPSA) is 61.8 Å². The van der Waals surface area contributed by atoms with E-state index in [1.165, 1.54) is 40.7 Å². The first-order chi connectivity index (χ1) is 19.5.